The van der Waals surface area contributed by atoms with E-state index in [1.54, 1.807) is 36.5 Å². The van der Waals surface area contributed by atoms with Gasteiger partial charge < -0.3 is 5.32 Å². The van der Waals surface area contributed by atoms with Gasteiger partial charge in [-0.1, -0.05) is 12.1 Å². The van der Waals surface area contributed by atoms with Gasteiger partial charge in [0, 0.05) is 6.20 Å². The summed E-state index contributed by atoms with van der Waals surface area (Å²) in [7, 11) is 0. The second-order valence-electron chi connectivity index (χ2n) is 4.68. The number of anilines is 2. The van der Waals surface area contributed by atoms with Crippen molar-refractivity contribution in [3.05, 3.63) is 65.9 Å². The Hall–Kier alpha value is -3.20. The molecule has 22 heavy (non-hydrogen) atoms. The Labute approximate surface area is 126 Å². The van der Waals surface area contributed by atoms with Gasteiger partial charge in [-0.25, -0.2) is 14.1 Å². The molecule has 0 spiro atoms. The van der Waals surface area contributed by atoms with Gasteiger partial charge >= 0.3 is 0 Å². The lowest BCUT2D eigenvalue weighted by Gasteiger charge is -2.07. The number of nitrogens with one attached hydrogen (secondary N) is 1. The Bertz CT molecular complexity index is 846. The first-order chi connectivity index (χ1) is 10.7. The summed E-state index contributed by atoms with van der Waals surface area (Å²) in [5.41, 5.74) is 2.36. The number of nitriles is 1. The molecular formula is C16H12FN5. The average Bonchev–Trinajstić information content (AvgIpc) is 2.90. The van der Waals surface area contributed by atoms with Crippen molar-refractivity contribution >= 4 is 11.5 Å². The van der Waals surface area contributed by atoms with E-state index in [2.05, 4.69) is 15.4 Å². The van der Waals surface area contributed by atoms with Crippen LogP contribution in [0.25, 0.3) is 5.69 Å². The summed E-state index contributed by atoms with van der Waals surface area (Å²) in [5, 5.41) is 16.1. The third-order valence-corrected chi connectivity index (χ3v) is 3.25. The second-order valence-corrected chi connectivity index (χ2v) is 4.68. The van der Waals surface area contributed by atoms with E-state index < -0.39 is 0 Å². The molecule has 0 unspecified atom stereocenters. The van der Waals surface area contributed by atoms with Crippen molar-refractivity contribution in [1.82, 2.24) is 14.8 Å². The summed E-state index contributed by atoms with van der Waals surface area (Å²) in [5.74, 6) is 0.256. The number of para-hydroxylation sites is 1. The van der Waals surface area contributed by atoms with Crippen LogP contribution in [0.4, 0.5) is 15.9 Å². The van der Waals surface area contributed by atoms with Crippen LogP contribution in [-0.4, -0.2) is 14.8 Å². The Morgan fingerprint density at radius 1 is 1.18 bits per heavy atom. The molecule has 0 fully saturated rings. The van der Waals surface area contributed by atoms with E-state index in [0.29, 0.717) is 17.1 Å². The van der Waals surface area contributed by atoms with Crippen LogP contribution in [0.2, 0.25) is 0 Å². The van der Waals surface area contributed by atoms with Gasteiger partial charge in [-0.2, -0.15) is 10.4 Å². The van der Waals surface area contributed by atoms with Crippen LogP contribution in [-0.2, 0) is 0 Å². The summed E-state index contributed by atoms with van der Waals surface area (Å²) < 4.78 is 15.4. The van der Waals surface area contributed by atoms with Gasteiger partial charge in [0.05, 0.1) is 23.1 Å². The van der Waals surface area contributed by atoms with E-state index >= 15 is 0 Å². The van der Waals surface area contributed by atoms with Crippen LogP contribution < -0.4 is 5.32 Å². The van der Waals surface area contributed by atoms with Gasteiger partial charge in [-0.05, 0) is 31.2 Å². The topological polar surface area (TPSA) is 66.5 Å². The minimum atomic E-state index is -0.336. The molecule has 5 nitrogen and oxygen atoms in total. The first-order valence-corrected chi connectivity index (χ1v) is 6.62. The second kappa shape index (κ2) is 5.66. The monoisotopic (exact) mass is 293 g/mol. The third kappa shape index (κ3) is 2.52. The fourth-order valence-electron chi connectivity index (χ4n) is 2.07. The summed E-state index contributed by atoms with van der Waals surface area (Å²) in [6, 6.07) is 11.8. The molecule has 6 heteroatoms. The third-order valence-electron chi connectivity index (χ3n) is 3.25. The van der Waals surface area contributed by atoms with E-state index in [0.717, 1.165) is 11.4 Å². The highest BCUT2D eigenvalue weighted by atomic mass is 19.1. The molecule has 3 rings (SSSR count). The smallest absolute Gasteiger partial charge is 0.148 e. The fourth-order valence-corrected chi connectivity index (χ4v) is 2.07. The Morgan fingerprint density at radius 3 is 2.68 bits per heavy atom. The minimum Gasteiger partial charge on any atom is -0.337 e. The zero-order chi connectivity index (χ0) is 15.5. The normalized spacial score (nSPS) is 10.2. The van der Waals surface area contributed by atoms with Crippen molar-refractivity contribution in [3.8, 4) is 11.8 Å². The van der Waals surface area contributed by atoms with E-state index in [4.69, 9.17) is 5.26 Å². The fraction of sp³-hybridized carbons (Fsp3) is 0.0625. The van der Waals surface area contributed by atoms with Crippen LogP contribution in [0.5, 0.6) is 0 Å². The minimum absolute atomic E-state index is 0.336. The standard InChI is InChI=1S/C16H12FN5/c1-11-14(21-16-7-6-12(8-18)9-19-16)10-20-22(11)15-5-3-2-4-13(15)17/h2-7,9-10H,1H3,(H,19,21). The van der Waals surface area contributed by atoms with Gasteiger partial charge in [-0.15, -0.1) is 0 Å². The summed E-state index contributed by atoms with van der Waals surface area (Å²) in [4.78, 5) is 4.14. The van der Waals surface area contributed by atoms with Gasteiger partial charge in [0.2, 0.25) is 0 Å². The molecule has 108 valence electrons. The predicted octanol–water partition coefficient (Wildman–Crippen LogP) is 3.33. The molecule has 0 saturated carbocycles. The molecule has 0 radical (unpaired) electrons. The van der Waals surface area contributed by atoms with Crippen LogP contribution in [0.1, 0.15) is 11.3 Å². The molecule has 3 aromatic rings. The predicted molar refractivity (Wildman–Crippen MR) is 80.5 cm³/mol. The number of hydrogen-bond acceptors (Lipinski definition) is 4. The van der Waals surface area contributed by atoms with E-state index in [9.17, 15) is 4.39 Å². The molecule has 0 saturated heterocycles. The van der Waals surface area contributed by atoms with Crippen LogP contribution >= 0.6 is 0 Å². The molecule has 0 atom stereocenters. The van der Waals surface area contributed by atoms with Gasteiger partial charge in [0.25, 0.3) is 0 Å². The van der Waals surface area contributed by atoms with Crippen molar-refractivity contribution in [2.45, 2.75) is 6.92 Å². The maximum Gasteiger partial charge on any atom is 0.148 e. The highest BCUT2D eigenvalue weighted by molar-refractivity contribution is 5.59. The molecule has 1 aromatic carbocycles. The number of halogens is 1. The number of pyridine rings is 1. The Morgan fingerprint density at radius 2 is 2.00 bits per heavy atom. The lowest BCUT2D eigenvalue weighted by atomic mass is 10.3. The van der Waals surface area contributed by atoms with Crippen LogP contribution in [0, 0.1) is 24.1 Å². The van der Waals surface area contributed by atoms with Crippen molar-refractivity contribution in [1.29, 1.82) is 5.26 Å². The molecule has 1 N–H and O–H groups in total. The molecule has 2 heterocycles. The molecule has 0 aliphatic heterocycles. The first kappa shape index (κ1) is 13.8. The Balaban J connectivity index is 1.90. The van der Waals surface area contributed by atoms with E-state index in [1.165, 1.54) is 16.9 Å². The average molecular weight is 293 g/mol. The first-order valence-electron chi connectivity index (χ1n) is 6.62. The van der Waals surface area contributed by atoms with Crippen LogP contribution in [0.15, 0.2) is 48.8 Å². The van der Waals surface area contributed by atoms with Crippen LogP contribution in [0.3, 0.4) is 0 Å². The SMILES string of the molecule is Cc1c(Nc2ccc(C#N)cn2)cnn1-c1ccccc1F. The van der Waals surface area contributed by atoms with Crippen molar-refractivity contribution in [3.63, 3.8) is 0 Å². The highest BCUT2D eigenvalue weighted by Crippen LogP contribution is 2.22. The summed E-state index contributed by atoms with van der Waals surface area (Å²) >= 11 is 0. The van der Waals surface area contributed by atoms with Gasteiger partial charge in [0.15, 0.2) is 0 Å². The number of hydrogen-bond donors (Lipinski definition) is 1. The molecule has 0 amide bonds. The number of aromatic nitrogens is 3. The molecule has 0 aliphatic rings. The molecule has 2 aromatic heterocycles. The maximum atomic E-state index is 13.9. The number of nitrogens with zero attached hydrogens (tertiary/aromatic N) is 4. The van der Waals surface area contributed by atoms with Crippen molar-refractivity contribution in [2.24, 2.45) is 0 Å². The zero-order valence-electron chi connectivity index (χ0n) is 11.8. The zero-order valence-corrected chi connectivity index (χ0v) is 11.8. The Kier molecular flexibility index (Phi) is 3.54. The van der Waals surface area contributed by atoms with Gasteiger partial charge in [0.1, 0.15) is 23.4 Å². The van der Waals surface area contributed by atoms with Crippen molar-refractivity contribution in [2.75, 3.05) is 5.32 Å². The number of benzene rings is 1. The molecule has 0 aliphatic carbocycles. The quantitative estimate of drug-likeness (QED) is 0.804. The summed E-state index contributed by atoms with van der Waals surface area (Å²) in [6.07, 6.45) is 3.10. The largest absolute Gasteiger partial charge is 0.337 e. The lowest BCUT2D eigenvalue weighted by molar-refractivity contribution is 0.608. The van der Waals surface area contributed by atoms with E-state index in [1.807, 2.05) is 13.0 Å². The molecular weight excluding hydrogens is 281 g/mol. The molecule has 0 bridgehead atoms. The van der Waals surface area contributed by atoms with E-state index in [-0.39, 0.29) is 5.82 Å². The maximum absolute atomic E-state index is 13.9. The van der Waals surface area contributed by atoms with Crippen molar-refractivity contribution < 1.29 is 4.39 Å². The highest BCUT2D eigenvalue weighted by Gasteiger charge is 2.11. The number of rotatable bonds is 3. The lowest BCUT2D eigenvalue weighted by Crippen LogP contribution is -2.02. The van der Waals surface area contributed by atoms with Gasteiger partial charge in [-0.3, -0.25) is 0 Å². The summed E-state index contributed by atoms with van der Waals surface area (Å²) in [6.45, 7) is 1.84.